The maximum Gasteiger partial charge on any atom is 0.166 e. The van der Waals surface area contributed by atoms with Crippen LogP contribution in [0.15, 0.2) is 30.5 Å². The molecule has 3 atom stereocenters. The number of likely N-dealkylation sites (tertiary alicyclic amines) is 1. The first kappa shape index (κ1) is 21.5. The monoisotopic (exact) mass is 457 g/mol. The van der Waals surface area contributed by atoms with Crippen molar-refractivity contribution >= 4 is 16.7 Å². The third-order valence-electron chi connectivity index (χ3n) is 7.85. The Bertz CT molecular complexity index is 1210. The minimum atomic E-state index is 0.360. The summed E-state index contributed by atoms with van der Waals surface area (Å²) in [6, 6.07) is 10.5. The molecule has 34 heavy (non-hydrogen) atoms. The number of nitrogens with zero attached hydrogens (tertiary/aromatic N) is 6. The fourth-order valence-electron chi connectivity index (χ4n) is 6.18. The number of aryl methyl sites for hydroxylation is 1. The molecule has 1 aromatic carbocycles. The number of nitriles is 1. The summed E-state index contributed by atoms with van der Waals surface area (Å²) in [6.45, 7) is 5.48. The van der Waals surface area contributed by atoms with Gasteiger partial charge in [-0.2, -0.15) is 10.4 Å². The van der Waals surface area contributed by atoms with Crippen molar-refractivity contribution in [2.75, 3.05) is 38.2 Å². The Hall–Kier alpha value is -3.02. The number of nitrogens with one attached hydrogen (secondary N) is 1. The number of benzene rings is 1. The van der Waals surface area contributed by atoms with Gasteiger partial charge in [-0.15, -0.1) is 10.2 Å². The van der Waals surface area contributed by atoms with E-state index in [-0.39, 0.29) is 0 Å². The standard InChI is InChI=1S/C26H31N7O/c1-32-14-22-8-18(2-3-24(22)31-32)25-11-19(12-27)26(30-29-25)28-23-9-20-15-33(16-21(20)10-23)13-17-4-6-34-7-5-17/h2-3,8,11,14,17,20-21,23H,4-7,9-10,13,15-16H2,1H3,(H,28,30)/t20-,21+,23+. The van der Waals surface area contributed by atoms with Gasteiger partial charge in [0.15, 0.2) is 5.82 Å². The molecule has 1 N–H and O–H groups in total. The molecule has 1 saturated carbocycles. The van der Waals surface area contributed by atoms with Crippen LogP contribution in [0.1, 0.15) is 31.2 Å². The number of aromatic nitrogens is 4. The van der Waals surface area contributed by atoms with Gasteiger partial charge in [-0.1, -0.05) is 6.07 Å². The fraction of sp³-hybridized carbons (Fsp3) is 0.538. The Morgan fingerprint density at radius 1 is 1.12 bits per heavy atom. The van der Waals surface area contributed by atoms with Crippen LogP contribution < -0.4 is 5.32 Å². The van der Waals surface area contributed by atoms with Gasteiger partial charge in [0.2, 0.25) is 0 Å². The highest BCUT2D eigenvalue weighted by atomic mass is 16.5. The first-order valence-corrected chi connectivity index (χ1v) is 12.4. The smallest absolute Gasteiger partial charge is 0.166 e. The summed E-state index contributed by atoms with van der Waals surface area (Å²) in [5.74, 6) is 2.88. The van der Waals surface area contributed by atoms with Gasteiger partial charge in [0, 0.05) is 63.1 Å². The van der Waals surface area contributed by atoms with Crippen LogP contribution in [0.4, 0.5) is 5.82 Å². The van der Waals surface area contributed by atoms with E-state index >= 15 is 0 Å². The summed E-state index contributed by atoms with van der Waals surface area (Å²) in [4.78, 5) is 2.68. The van der Waals surface area contributed by atoms with Crippen LogP contribution in [0.3, 0.4) is 0 Å². The van der Waals surface area contributed by atoms with Crippen molar-refractivity contribution in [1.82, 2.24) is 24.9 Å². The second-order valence-corrected chi connectivity index (χ2v) is 10.3. The van der Waals surface area contributed by atoms with E-state index in [4.69, 9.17) is 4.74 Å². The van der Waals surface area contributed by atoms with E-state index in [1.54, 1.807) is 4.68 Å². The minimum Gasteiger partial charge on any atom is -0.381 e. The largest absolute Gasteiger partial charge is 0.381 e. The molecule has 0 unspecified atom stereocenters. The normalized spacial score (nSPS) is 25.5. The lowest BCUT2D eigenvalue weighted by atomic mass is 10.00. The van der Waals surface area contributed by atoms with E-state index < -0.39 is 0 Å². The van der Waals surface area contributed by atoms with Crippen molar-refractivity contribution in [2.45, 2.75) is 31.7 Å². The molecule has 3 aliphatic rings. The molecule has 0 bridgehead atoms. The highest BCUT2D eigenvalue weighted by Gasteiger charge is 2.41. The maximum atomic E-state index is 9.80. The number of hydrogen-bond donors (Lipinski definition) is 1. The van der Waals surface area contributed by atoms with E-state index in [0.29, 0.717) is 23.1 Å². The topological polar surface area (TPSA) is 91.9 Å². The second-order valence-electron chi connectivity index (χ2n) is 10.3. The van der Waals surface area contributed by atoms with Gasteiger partial charge in [0.05, 0.1) is 16.8 Å². The van der Waals surface area contributed by atoms with Gasteiger partial charge < -0.3 is 15.0 Å². The third-order valence-corrected chi connectivity index (χ3v) is 7.85. The van der Waals surface area contributed by atoms with Crippen molar-refractivity contribution in [3.63, 3.8) is 0 Å². The van der Waals surface area contributed by atoms with Gasteiger partial charge in [0.1, 0.15) is 6.07 Å². The summed E-state index contributed by atoms with van der Waals surface area (Å²) < 4.78 is 7.32. The molecule has 2 aliphatic heterocycles. The molecule has 2 aromatic heterocycles. The van der Waals surface area contributed by atoms with Crippen molar-refractivity contribution in [1.29, 1.82) is 5.26 Å². The maximum absolute atomic E-state index is 9.80. The van der Waals surface area contributed by atoms with Crippen molar-refractivity contribution in [3.05, 3.63) is 36.0 Å². The van der Waals surface area contributed by atoms with Gasteiger partial charge in [0.25, 0.3) is 0 Å². The lowest BCUT2D eigenvalue weighted by molar-refractivity contribution is 0.0545. The number of rotatable bonds is 5. The summed E-state index contributed by atoms with van der Waals surface area (Å²) in [6.07, 6.45) is 6.67. The molecule has 1 aliphatic carbocycles. The van der Waals surface area contributed by atoms with Crippen LogP contribution in [0, 0.1) is 29.1 Å². The van der Waals surface area contributed by atoms with Crippen LogP contribution in [0.25, 0.3) is 22.2 Å². The van der Waals surface area contributed by atoms with Crippen LogP contribution in [0.2, 0.25) is 0 Å². The second kappa shape index (κ2) is 8.97. The number of fused-ring (bicyclic) bond motifs is 2. The summed E-state index contributed by atoms with van der Waals surface area (Å²) in [5.41, 5.74) is 3.14. The molecule has 176 valence electrons. The van der Waals surface area contributed by atoms with Gasteiger partial charge in [-0.05, 0) is 61.6 Å². The molecular formula is C26H31N7O. The minimum absolute atomic E-state index is 0.360. The molecule has 8 nitrogen and oxygen atoms in total. The van der Waals surface area contributed by atoms with Gasteiger partial charge in [-0.3, -0.25) is 4.68 Å². The van der Waals surface area contributed by atoms with Crippen LogP contribution in [-0.2, 0) is 11.8 Å². The Morgan fingerprint density at radius 3 is 2.68 bits per heavy atom. The molecule has 8 heteroatoms. The first-order chi connectivity index (χ1) is 16.6. The highest BCUT2D eigenvalue weighted by Crippen LogP contribution is 2.40. The zero-order valence-corrected chi connectivity index (χ0v) is 19.7. The molecule has 3 fully saturated rings. The van der Waals surface area contributed by atoms with Gasteiger partial charge >= 0.3 is 0 Å². The SMILES string of the molecule is Cn1cc2cc(-c3cc(C#N)c(N[C@H]4C[C@@H]5CN(CC6CCOCC6)C[C@@H]5C4)nn3)ccc2n1. The van der Waals surface area contributed by atoms with Crippen molar-refractivity contribution < 1.29 is 4.74 Å². The Kier molecular flexibility index (Phi) is 5.67. The average molecular weight is 458 g/mol. The van der Waals surface area contributed by atoms with Crippen molar-refractivity contribution in [3.8, 4) is 17.3 Å². The van der Waals surface area contributed by atoms with Crippen molar-refractivity contribution in [2.24, 2.45) is 24.8 Å². The van der Waals surface area contributed by atoms with Crippen LogP contribution >= 0.6 is 0 Å². The zero-order valence-electron chi connectivity index (χ0n) is 19.7. The summed E-state index contributed by atoms with van der Waals surface area (Å²) >= 11 is 0. The predicted octanol–water partition coefficient (Wildman–Crippen LogP) is 3.45. The van der Waals surface area contributed by atoms with E-state index in [1.165, 1.54) is 32.5 Å². The van der Waals surface area contributed by atoms with Crippen LogP contribution in [-0.4, -0.2) is 63.8 Å². The lowest BCUT2D eigenvalue weighted by Crippen LogP contribution is -2.32. The summed E-state index contributed by atoms with van der Waals surface area (Å²) in [7, 11) is 1.91. The zero-order chi connectivity index (χ0) is 23.1. The Balaban J connectivity index is 1.10. The molecule has 0 spiro atoms. The van der Waals surface area contributed by atoms with E-state index in [1.807, 2.05) is 37.5 Å². The molecule has 6 rings (SSSR count). The number of hydrogen-bond acceptors (Lipinski definition) is 7. The van der Waals surface area contributed by atoms with Gasteiger partial charge in [-0.25, -0.2) is 0 Å². The quantitative estimate of drug-likeness (QED) is 0.627. The molecule has 0 radical (unpaired) electrons. The molecule has 0 amide bonds. The van der Waals surface area contributed by atoms with E-state index in [0.717, 1.165) is 60.3 Å². The highest BCUT2D eigenvalue weighted by molar-refractivity contribution is 5.83. The third kappa shape index (κ3) is 4.26. The Morgan fingerprint density at radius 2 is 1.91 bits per heavy atom. The molecule has 4 heterocycles. The Labute approximate surface area is 199 Å². The predicted molar refractivity (Wildman–Crippen MR) is 130 cm³/mol. The van der Waals surface area contributed by atoms with E-state index in [9.17, 15) is 5.26 Å². The first-order valence-electron chi connectivity index (χ1n) is 12.4. The van der Waals surface area contributed by atoms with E-state index in [2.05, 4.69) is 31.6 Å². The molecule has 2 saturated heterocycles. The van der Waals surface area contributed by atoms with Crippen LogP contribution in [0.5, 0.6) is 0 Å². The molecule has 3 aromatic rings. The fourth-order valence-corrected chi connectivity index (χ4v) is 6.18. The molecular weight excluding hydrogens is 426 g/mol. The number of anilines is 1. The average Bonchev–Trinajstić information content (AvgIpc) is 3.51. The summed E-state index contributed by atoms with van der Waals surface area (Å²) in [5, 5.41) is 27.7. The number of ether oxygens (including phenoxy) is 1. The lowest BCUT2D eigenvalue weighted by Gasteiger charge is -2.27.